The minimum Gasteiger partial charge on any atom is -0.364 e. The molecule has 1 saturated heterocycles. The van der Waals surface area contributed by atoms with Crippen LogP contribution in [-0.2, 0) is 9.47 Å². The molecule has 1 aliphatic carbocycles. The molecular formula is C14H19NO3. The van der Waals surface area contributed by atoms with Gasteiger partial charge < -0.3 is 14.5 Å². The molecule has 1 spiro atoms. The number of pyridine rings is 1. The molecule has 0 unspecified atom stereocenters. The van der Waals surface area contributed by atoms with E-state index in [1.54, 1.807) is 12.3 Å². The van der Waals surface area contributed by atoms with Gasteiger partial charge in [0.05, 0.1) is 13.2 Å². The molecule has 4 heteroatoms. The first-order chi connectivity index (χ1) is 8.70. The van der Waals surface area contributed by atoms with Crippen LogP contribution >= 0.6 is 0 Å². The highest BCUT2D eigenvalue weighted by Crippen LogP contribution is 2.42. The first-order valence-corrected chi connectivity index (χ1v) is 6.66. The molecule has 2 aliphatic rings. The summed E-state index contributed by atoms with van der Waals surface area (Å²) in [5.41, 5.74) is 2.07. The zero-order chi connectivity index (χ0) is 12.6. The number of aromatic amines is 1. The van der Waals surface area contributed by atoms with Gasteiger partial charge in [-0.3, -0.25) is 4.79 Å². The maximum Gasteiger partial charge on any atom is 0.184 e. The lowest BCUT2D eigenvalue weighted by Crippen LogP contribution is -2.35. The molecule has 0 bridgehead atoms. The SMILES string of the molecule is Cc1c(C2CCC3(CC2)OCCO3)[nH]ccc1=O. The van der Waals surface area contributed by atoms with Crippen molar-refractivity contribution in [3.05, 3.63) is 33.7 Å². The van der Waals surface area contributed by atoms with E-state index in [9.17, 15) is 4.79 Å². The lowest BCUT2D eigenvalue weighted by molar-refractivity contribution is -0.179. The van der Waals surface area contributed by atoms with Crippen LogP contribution in [0, 0.1) is 6.92 Å². The second-order valence-corrected chi connectivity index (χ2v) is 5.26. The standard InChI is InChI=1S/C14H19NO3/c1-10-12(16)4-7-15-13(10)11-2-5-14(6-3-11)17-8-9-18-14/h4,7,11H,2-3,5-6,8-9H2,1H3,(H,15,16). The van der Waals surface area contributed by atoms with E-state index in [1.807, 2.05) is 6.92 Å². The van der Waals surface area contributed by atoms with Gasteiger partial charge >= 0.3 is 0 Å². The highest BCUT2D eigenvalue weighted by atomic mass is 16.7. The summed E-state index contributed by atoms with van der Waals surface area (Å²) in [6.45, 7) is 3.33. The fourth-order valence-corrected chi connectivity index (χ4v) is 3.13. The zero-order valence-corrected chi connectivity index (χ0v) is 10.7. The Morgan fingerprint density at radius 2 is 1.94 bits per heavy atom. The van der Waals surface area contributed by atoms with E-state index in [0.29, 0.717) is 19.1 Å². The van der Waals surface area contributed by atoms with Crippen LogP contribution in [0.4, 0.5) is 0 Å². The van der Waals surface area contributed by atoms with Crippen LogP contribution < -0.4 is 5.43 Å². The molecule has 0 aromatic carbocycles. The molecule has 18 heavy (non-hydrogen) atoms. The Morgan fingerprint density at radius 3 is 2.61 bits per heavy atom. The fraction of sp³-hybridized carbons (Fsp3) is 0.643. The van der Waals surface area contributed by atoms with Crippen molar-refractivity contribution in [2.75, 3.05) is 13.2 Å². The predicted octanol–water partition coefficient (Wildman–Crippen LogP) is 2.08. The third-order valence-electron chi connectivity index (χ3n) is 4.22. The highest BCUT2D eigenvalue weighted by molar-refractivity contribution is 5.22. The van der Waals surface area contributed by atoms with Crippen molar-refractivity contribution in [1.82, 2.24) is 4.98 Å². The summed E-state index contributed by atoms with van der Waals surface area (Å²) < 4.78 is 11.5. The molecule has 2 heterocycles. The van der Waals surface area contributed by atoms with Crippen LogP contribution in [0.5, 0.6) is 0 Å². The Balaban J connectivity index is 1.76. The number of H-pyrrole nitrogens is 1. The van der Waals surface area contributed by atoms with E-state index >= 15 is 0 Å². The monoisotopic (exact) mass is 249 g/mol. The summed E-state index contributed by atoms with van der Waals surface area (Å²) in [6, 6.07) is 1.59. The van der Waals surface area contributed by atoms with Crippen molar-refractivity contribution < 1.29 is 9.47 Å². The van der Waals surface area contributed by atoms with E-state index in [-0.39, 0.29) is 11.2 Å². The summed E-state index contributed by atoms with van der Waals surface area (Å²) >= 11 is 0. The molecular weight excluding hydrogens is 230 g/mol. The van der Waals surface area contributed by atoms with Crippen molar-refractivity contribution in [2.24, 2.45) is 0 Å². The van der Waals surface area contributed by atoms with E-state index in [0.717, 1.165) is 36.9 Å². The van der Waals surface area contributed by atoms with Gasteiger partial charge in [-0.1, -0.05) is 0 Å². The van der Waals surface area contributed by atoms with Crippen molar-refractivity contribution in [3.8, 4) is 0 Å². The average molecular weight is 249 g/mol. The van der Waals surface area contributed by atoms with Gasteiger partial charge in [0.2, 0.25) is 0 Å². The molecule has 1 aromatic rings. The van der Waals surface area contributed by atoms with Gasteiger partial charge in [0, 0.05) is 36.4 Å². The molecule has 3 rings (SSSR count). The summed E-state index contributed by atoms with van der Waals surface area (Å²) in [7, 11) is 0. The van der Waals surface area contributed by atoms with Crippen molar-refractivity contribution in [1.29, 1.82) is 0 Å². The smallest absolute Gasteiger partial charge is 0.184 e. The minimum absolute atomic E-state index is 0.123. The Bertz CT molecular complexity index is 478. The summed E-state index contributed by atoms with van der Waals surface area (Å²) in [5.74, 6) is 0.108. The molecule has 1 aromatic heterocycles. The van der Waals surface area contributed by atoms with E-state index in [4.69, 9.17) is 9.47 Å². The van der Waals surface area contributed by atoms with Gasteiger partial charge in [-0.05, 0) is 25.7 Å². The normalized spacial score (nSPS) is 23.6. The van der Waals surface area contributed by atoms with Gasteiger partial charge in [-0.2, -0.15) is 0 Å². The summed E-state index contributed by atoms with van der Waals surface area (Å²) in [4.78, 5) is 14.9. The maximum atomic E-state index is 11.7. The van der Waals surface area contributed by atoms with Gasteiger partial charge in [0.1, 0.15) is 0 Å². The number of aromatic nitrogens is 1. The first kappa shape index (κ1) is 11.9. The molecule has 1 N–H and O–H groups in total. The van der Waals surface area contributed by atoms with Crippen LogP contribution in [0.25, 0.3) is 0 Å². The van der Waals surface area contributed by atoms with Gasteiger partial charge in [-0.15, -0.1) is 0 Å². The van der Waals surface area contributed by atoms with E-state index in [1.165, 1.54) is 0 Å². The zero-order valence-electron chi connectivity index (χ0n) is 10.7. The minimum atomic E-state index is -0.320. The van der Waals surface area contributed by atoms with Gasteiger partial charge in [0.25, 0.3) is 0 Å². The number of hydrogen-bond donors (Lipinski definition) is 1. The number of hydrogen-bond acceptors (Lipinski definition) is 3. The predicted molar refractivity (Wildman–Crippen MR) is 67.6 cm³/mol. The molecule has 98 valence electrons. The third-order valence-corrected chi connectivity index (χ3v) is 4.22. The van der Waals surface area contributed by atoms with Gasteiger partial charge in [-0.25, -0.2) is 0 Å². The third kappa shape index (κ3) is 1.99. The van der Waals surface area contributed by atoms with Crippen LogP contribution in [0.1, 0.15) is 42.9 Å². The molecule has 0 atom stereocenters. The van der Waals surface area contributed by atoms with Crippen molar-refractivity contribution >= 4 is 0 Å². The largest absolute Gasteiger partial charge is 0.364 e. The molecule has 1 aliphatic heterocycles. The van der Waals surface area contributed by atoms with Crippen molar-refractivity contribution in [3.63, 3.8) is 0 Å². The second-order valence-electron chi connectivity index (χ2n) is 5.26. The maximum absolute atomic E-state index is 11.7. The molecule has 1 saturated carbocycles. The van der Waals surface area contributed by atoms with Crippen LogP contribution in [0.2, 0.25) is 0 Å². The summed E-state index contributed by atoms with van der Waals surface area (Å²) in [5, 5.41) is 0. The average Bonchev–Trinajstić information content (AvgIpc) is 2.83. The Kier molecular flexibility index (Phi) is 2.99. The first-order valence-electron chi connectivity index (χ1n) is 6.66. The quantitative estimate of drug-likeness (QED) is 0.829. The van der Waals surface area contributed by atoms with Crippen molar-refractivity contribution in [2.45, 2.75) is 44.3 Å². The van der Waals surface area contributed by atoms with Crippen LogP contribution in [-0.4, -0.2) is 24.0 Å². The molecule has 0 radical (unpaired) electrons. The lowest BCUT2D eigenvalue weighted by Gasteiger charge is -2.35. The number of ether oxygens (including phenoxy) is 2. The molecule has 2 fully saturated rings. The molecule has 4 nitrogen and oxygen atoms in total. The van der Waals surface area contributed by atoms with E-state index < -0.39 is 0 Å². The van der Waals surface area contributed by atoms with Crippen LogP contribution in [0.3, 0.4) is 0 Å². The van der Waals surface area contributed by atoms with Gasteiger partial charge in [0.15, 0.2) is 11.2 Å². The summed E-state index contributed by atoms with van der Waals surface area (Å²) in [6.07, 6.45) is 5.63. The Labute approximate surface area is 106 Å². The number of nitrogens with one attached hydrogen (secondary N) is 1. The van der Waals surface area contributed by atoms with Crippen LogP contribution in [0.15, 0.2) is 17.1 Å². The Hall–Kier alpha value is -1.13. The highest BCUT2D eigenvalue weighted by Gasteiger charge is 2.40. The number of rotatable bonds is 1. The van der Waals surface area contributed by atoms with E-state index in [2.05, 4.69) is 4.98 Å². The Morgan fingerprint density at radius 1 is 1.28 bits per heavy atom. The fourth-order valence-electron chi connectivity index (χ4n) is 3.13. The molecule has 0 amide bonds. The topological polar surface area (TPSA) is 51.3 Å². The lowest BCUT2D eigenvalue weighted by atomic mass is 9.82. The second kappa shape index (κ2) is 4.52.